The average molecular weight is 915 g/mol. The van der Waals surface area contributed by atoms with Gasteiger partial charge in [0, 0.05) is 6.42 Å². The predicted octanol–water partition coefficient (Wildman–Crippen LogP) is 13.9. The Morgan fingerprint density at radius 2 is 0.921 bits per heavy atom. The second kappa shape index (κ2) is 40.6. The van der Waals surface area contributed by atoms with Gasteiger partial charge in [-0.15, -0.1) is 0 Å². The van der Waals surface area contributed by atoms with Crippen LogP contribution in [0.3, 0.4) is 0 Å². The molecule has 1 amide bonds. The quantitative estimate of drug-likeness (QED) is 0.0265. The molecule has 1 heterocycles. The van der Waals surface area contributed by atoms with Crippen molar-refractivity contribution in [2.24, 2.45) is 5.41 Å². The van der Waals surface area contributed by atoms with Crippen LogP contribution in [0.15, 0.2) is 0 Å². The highest BCUT2D eigenvalue weighted by molar-refractivity contribution is 7.81. The van der Waals surface area contributed by atoms with Gasteiger partial charge in [-0.1, -0.05) is 253 Å². The molecule has 63 heavy (non-hydrogen) atoms. The van der Waals surface area contributed by atoms with Crippen LogP contribution < -0.4 is 5.32 Å². The normalized spacial score (nSPS) is 20.8. The smallest absolute Gasteiger partial charge is 0.220 e. The van der Waals surface area contributed by atoms with Crippen molar-refractivity contribution in [1.29, 1.82) is 0 Å². The van der Waals surface area contributed by atoms with Gasteiger partial charge in [0.15, 0.2) is 6.29 Å². The fourth-order valence-electron chi connectivity index (χ4n) is 9.23. The van der Waals surface area contributed by atoms with Crippen molar-refractivity contribution < 1.29 is 34.7 Å². The summed E-state index contributed by atoms with van der Waals surface area (Å²) in [5.41, 5.74) is -0.158. The van der Waals surface area contributed by atoms with Crippen LogP contribution >= 0.6 is 12.6 Å². The van der Waals surface area contributed by atoms with E-state index in [-0.39, 0.29) is 17.9 Å². The zero-order chi connectivity index (χ0) is 46.4. The van der Waals surface area contributed by atoms with Crippen LogP contribution in [0.4, 0.5) is 0 Å². The Hall–Kier alpha value is -0.420. The molecule has 0 aromatic heterocycles. The van der Waals surface area contributed by atoms with Crippen LogP contribution in [0.5, 0.6) is 0 Å². The second-order valence-corrected chi connectivity index (χ2v) is 21.6. The Morgan fingerprint density at radius 3 is 1.29 bits per heavy atom. The molecule has 0 bridgehead atoms. The number of aliphatic hydroxyl groups is 4. The molecule has 1 rings (SSSR count). The molecule has 1 saturated heterocycles. The molecule has 9 heteroatoms. The van der Waals surface area contributed by atoms with E-state index in [4.69, 9.17) is 9.47 Å². The summed E-state index contributed by atoms with van der Waals surface area (Å²) in [6.45, 7) is 10.6. The van der Waals surface area contributed by atoms with E-state index in [1.54, 1.807) is 0 Å². The molecular formula is C54H107NO7S. The van der Waals surface area contributed by atoms with Crippen molar-refractivity contribution in [2.45, 2.75) is 327 Å². The molecule has 0 aromatic rings. The van der Waals surface area contributed by atoms with Gasteiger partial charge in [0.1, 0.15) is 12.2 Å². The van der Waals surface area contributed by atoms with E-state index in [1.807, 2.05) is 20.8 Å². The van der Waals surface area contributed by atoms with E-state index >= 15 is 0 Å². The summed E-state index contributed by atoms with van der Waals surface area (Å²) >= 11 is 4.51. The molecule has 376 valence electrons. The molecule has 5 N–H and O–H groups in total. The molecule has 8 atom stereocenters. The van der Waals surface area contributed by atoms with E-state index in [0.29, 0.717) is 19.3 Å². The number of unbranched alkanes of at least 4 members (excludes halogenated alkanes) is 33. The molecule has 1 aliphatic heterocycles. The summed E-state index contributed by atoms with van der Waals surface area (Å²) in [4.78, 5) is 13.2. The third-order valence-electron chi connectivity index (χ3n) is 13.4. The number of ether oxygens (including phenoxy) is 2. The van der Waals surface area contributed by atoms with E-state index in [1.165, 1.54) is 186 Å². The number of carbonyl (C=O) groups excluding carboxylic acids is 1. The maximum absolute atomic E-state index is 13.2. The van der Waals surface area contributed by atoms with Crippen molar-refractivity contribution in [3.8, 4) is 0 Å². The monoisotopic (exact) mass is 914 g/mol. The minimum Gasteiger partial charge on any atom is -0.390 e. The van der Waals surface area contributed by atoms with E-state index in [2.05, 4.69) is 31.8 Å². The number of hydrogen-bond donors (Lipinski definition) is 6. The Balaban J connectivity index is 2.36. The maximum atomic E-state index is 13.2. The fourth-order valence-corrected chi connectivity index (χ4v) is 9.57. The largest absolute Gasteiger partial charge is 0.390 e. The van der Waals surface area contributed by atoms with Gasteiger partial charge < -0.3 is 35.2 Å². The number of rotatable bonds is 44. The lowest BCUT2D eigenvalue weighted by Crippen LogP contribution is -2.58. The third kappa shape index (κ3) is 33.7. The van der Waals surface area contributed by atoms with Crippen molar-refractivity contribution in [2.75, 3.05) is 6.61 Å². The second-order valence-electron chi connectivity index (χ2n) is 21.1. The summed E-state index contributed by atoms with van der Waals surface area (Å²) in [6.07, 6.45) is 40.4. The van der Waals surface area contributed by atoms with Gasteiger partial charge in [-0.2, -0.15) is 12.6 Å². The van der Waals surface area contributed by atoms with Crippen LogP contribution in [0, 0.1) is 5.41 Å². The molecule has 0 saturated carbocycles. The van der Waals surface area contributed by atoms with Gasteiger partial charge in [0.05, 0.1) is 36.2 Å². The van der Waals surface area contributed by atoms with Gasteiger partial charge in [-0.3, -0.25) is 4.79 Å². The molecule has 0 aliphatic carbocycles. The van der Waals surface area contributed by atoms with Crippen molar-refractivity contribution in [1.82, 2.24) is 5.32 Å². The first-order valence-electron chi connectivity index (χ1n) is 27.4. The average Bonchev–Trinajstić information content (AvgIpc) is 3.25. The van der Waals surface area contributed by atoms with E-state index in [9.17, 15) is 25.2 Å². The van der Waals surface area contributed by atoms with Gasteiger partial charge >= 0.3 is 0 Å². The predicted molar refractivity (Wildman–Crippen MR) is 270 cm³/mol. The zero-order valence-electron chi connectivity index (χ0n) is 42.2. The molecule has 0 aromatic carbocycles. The Labute approximate surface area is 395 Å². The summed E-state index contributed by atoms with van der Waals surface area (Å²) in [6, 6.07) is -0.858. The highest BCUT2D eigenvalue weighted by Gasteiger charge is 2.45. The molecule has 1 aliphatic rings. The minimum atomic E-state index is -1.22. The Bertz CT molecular complexity index is 1010. The van der Waals surface area contributed by atoms with Crippen molar-refractivity contribution in [3.63, 3.8) is 0 Å². The number of nitrogens with one attached hydrogen (secondary N) is 1. The molecule has 0 unspecified atom stereocenters. The summed E-state index contributed by atoms with van der Waals surface area (Å²) < 4.78 is 12.2. The molecule has 1 fully saturated rings. The molecule has 0 radical (unpaired) electrons. The van der Waals surface area contributed by atoms with Gasteiger partial charge in [-0.25, -0.2) is 0 Å². The highest BCUT2D eigenvalue weighted by Crippen LogP contribution is 2.33. The number of thiol groups is 1. The SMILES string of the molecule is CCCCCCCCCCCCCCCCCCCCCCCCCC(=O)N[C@@H](CO[C@H]1O[C@H](CC(C)(C)C)[C@H](O)[C@H](O)[C@H]1S)[C@H](O)[C@H](O)CCCCCCCCCCCCCC. The fraction of sp³-hybridized carbons (Fsp3) is 0.981. The molecular weight excluding hydrogens is 807 g/mol. The molecule has 8 nitrogen and oxygen atoms in total. The number of aliphatic hydroxyl groups excluding tert-OH is 4. The van der Waals surface area contributed by atoms with Crippen molar-refractivity contribution in [3.05, 3.63) is 0 Å². The topological polar surface area (TPSA) is 128 Å². The summed E-state index contributed by atoms with van der Waals surface area (Å²) in [5, 5.41) is 46.1. The lowest BCUT2D eigenvalue weighted by Gasteiger charge is -2.43. The van der Waals surface area contributed by atoms with Crippen LogP contribution in [0.25, 0.3) is 0 Å². The Kier molecular flexibility index (Phi) is 39.1. The van der Waals surface area contributed by atoms with Crippen LogP contribution in [-0.4, -0.2) is 81.0 Å². The lowest BCUT2D eigenvalue weighted by atomic mass is 9.85. The standard InChI is InChI=1S/C54H107NO7S/c1-6-8-10-12-14-16-18-20-21-22-23-24-25-26-27-28-29-30-32-34-36-38-40-42-48(57)55-45(44-61-53-52(63)51(60)50(59)47(62-53)43-54(3,4)5)49(58)46(56)41-39-37-35-33-31-19-17-15-13-11-9-7-2/h45-47,49-53,56,58-60,63H,6-44H2,1-5H3,(H,55,57)/t45-,46+,47+,49-,50-,51-,52+,53-/m0/s1. The maximum Gasteiger partial charge on any atom is 0.220 e. The summed E-state index contributed by atoms with van der Waals surface area (Å²) in [7, 11) is 0. The van der Waals surface area contributed by atoms with E-state index in [0.717, 1.165) is 38.5 Å². The lowest BCUT2D eigenvalue weighted by molar-refractivity contribution is -0.254. The van der Waals surface area contributed by atoms with Gasteiger partial charge in [0.25, 0.3) is 0 Å². The first-order chi connectivity index (χ1) is 30.4. The summed E-state index contributed by atoms with van der Waals surface area (Å²) in [5.74, 6) is -0.170. The van der Waals surface area contributed by atoms with Crippen LogP contribution in [0.2, 0.25) is 0 Å². The van der Waals surface area contributed by atoms with E-state index < -0.39 is 48.1 Å². The van der Waals surface area contributed by atoms with Gasteiger partial charge in [-0.05, 0) is 24.7 Å². The highest BCUT2D eigenvalue weighted by atomic mass is 32.1. The third-order valence-corrected chi connectivity index (χ3v) is 14.0. The Morgan fingerprint density at radius 1 is 0.571 bits per heavy atom. The van der Waals surface area contributed by atoms with Crippen LogP contribution in [-0.2, 0) is 14.3 Å². The zero-order valence-corrected chi connectivity index (χ0v) is 43.1. The van der Waals surface area contributed by atoms with Crippen molar-refractivity contribution >= 4 is 18.5 Å². The number of hydrogen-bond acceptors (Lipinski definition) is 8. The van der Waals surface area contributed by atoms with Gasteiger partial charge in [0.2, 0.25) is 5.91 Å². The number of carbonyl (C=O) groups is 1. The first-order valence-corrected chi connectivity index (χ1v) is 27.9. The minimum absolute atomic E-state index is 0.116. The number of amides is 1. The first kappa shape index (κ1) is 60.6. The molecule has 0 spiro atoms. The van der Waals surface area contributed by atoms with Crippen LogP contribution in [0.1, 0.15) is 279 Å².